The van der Waals surface area contributed by atoms with E-state index in [0.717, 1.165) is 36.2 Å². The lowest BCUT2D eigenvalue weighted by Crippen LogP contribution is -2.21. The first-order valence-corrected chi connectivity index (χ1v) is 10.3. The van der Waals surface area contributed by atoms with Crippen molar-refractivity contribution in [3.05, 3.63) is 41.5 Å². The topological polar surface area (TPSA) is 104 Å². The zero-order valence-electron chi connectivity index (χ0n) is 14.0. The van der Waals surface area contributed by atoms with Gasteiger partial charge < -0.3 is 10.4 Å². The van der Waals surface area contributed by atoms with E-state index in [4.69, 9.17) is 5.11 Å². The summed E-state index contributed by atoms with van der Waals surface area (Å²) in [5.41, 5.74) is 0.137. The molecule has 0 saturated carbocycles. The summed E-state index contributed by atoms with van der Waals surface area (Å²) in [6, 6.07) is 4.18. The number of aromatic nitrogens is 2. The molecule has 11 heteroatoms. The molecule has 1 unspecified atom stereocenters. The molecular weight excluding hydrogens is 386 g/mol. The lowest BCUT2D eigenvalue weighted by molar-refractivity contribution is 0.281. The predicted octanol–water partition coefficient (Wildman–Crippen LogP) is 2.21. The Morgan fingerprint density at radius 2 is 1.92 bits per heavy atom. The van der Waals surface area contributed by atoms with Gasteiger partial charge in [-0.15, -0.1) is 0 Å². The predicted molar refractivity (Wildman–Crippen MR) is 96.6 cm³/mol. The molecule has 1 aromatic carbocycles. The van der Waals surface area contributed by atoms with Gasteiger partial charge in [-0.05, 0) is 25.1 Å². The molecule has 0 fully saturated rings. The van der Waals surface area contributed by atoms with Gasteiger partial charge in [-0.25, -0.2) is 27.2 Å². The second kappa shape index (κ2) is 8.60. The third-order valence-electron chi connectivity index (χ3n) is 3.03. The Bertz CT molecular complexity index is 881. The number of nitrogens with zero attached hydrogens (tertiary/aromatic N) is 2. The summed E-state index contributed by atoms with van der Waals surface area (Å²) < 4.78 is 52.1. The zero-order valence-corrected chi connectivity index (χ0v) is 15.7. The maximum Gasteiger partial charge on any atom is 0.230 e. The van der Waals surface area contributed by atoms with Crippen LogP contribution in [0.1, 0.15) is 12.5 Å². The Morgan fingerprint density at radius 3 is 2.58 bits per heavy atom. The molecule has 0 aliphatic carbocycles. The van der Waals surface area contributed by atoms with Crippen molar-refractivity contribution in [3.63, 3.8) is 0 Å². The van der Waals surface area contributed by atoms with E-state index < -0.39 is 21.7 Å². The molecule has 0 radical (unpaired) electrons. The molecule has 1 atom stereocenters. The molecule has 0 aliphatic rings. The van der Waals surface area contributed by atoms with Crippen molar-refractivity contribution in [2.24, 2.45) is 0 Å². The summed E-state index contributed by atoms with van der Waals surface area (Å²) in [5.74, 6) is -0.751. The highest BCUT2D eigenvalue weighted by molar-refractivity contribution is 7.98. The first-order valence-electron chi connectivity index (χ1n) is 7.47. The molecule has 7 nitrogen and oxygen atoms in total. The lowest BCUT2D eigenvalue weighted by atomic mass is 10.2. The zero-order chi connectivity index (χ0) is 19.3. The van der Waals surface area contributed by atoms with E-state index in [-0.39, 0.29) is 40.8 Å². The second-order valence-corrected chi connectivity index (χ2v) is 8.24. The molecular formula is C15H18F2N4O3S2. The Morgan fingerprint density at radius 1 is 1.23 bits per heavy atom. The fourth-order valence-electron chi connectivity index (χ4n) is 1.90. The van der Waals surface area contributed by atoms with Crippen molar-refractivity contribution >= 4 is 33.4 Å². The van der Waals surface area contributed by atoms with Crippen LogP contribution in [0.4, 0.5) is 20.4 Å². The molecule has 2 aromatic rings. The highest BCUT2D eigenvalue weighted by atomic mass is 32.2. The fraction of sp³-hybridized carbons (Fsp3) is 0.333. The van der Waals surface area contributed by atoms with E-state index in [1.807, 2.05) is 0 Å². The maximum absolute atomic E-state index is 13.7. The summed E-state index contributed by atoms with van der Waals surface area (Å²) in [7, 11) is -3.56. The minimum atomic E-state index is -3.56. The number of rotatable bonds is 8. The minimum Gasteiger partial charge on any atom is -0.394 e. The molecule has 142 valence electrons. The molecule has 0 aliphatic heterocycles. The highest BCUT2D eigenvalue weighted by Gasteiger charge is 2.12. The van der Waals surface area contributed by atoms with Crippen molar-refractivity contribution in [2.75, 3.05) is 22.9 Å². The van der Waals surface area contributed by atoms with Crippen LogP contribution in [0.2, 0.25) is 0 Å². The molecule has 0 spiro atoms. The van der Waals surface area contributed by atoms with Crippen LogP contribution in [0.15, 0.2) is 29.4 Å². The van der Waals surface area contributed by atoms with Gasteiger partial charge in [0.15, 0.2) is 5.16 Å². The molecule has 1 heterocycles. The van der Waals surface area contributed by atoms with Gasteiger partial charge in [0, 0.05) is 23.4 Å². The summed E-state index contributed by atoms with van der Waals surface area (Å²) in [5, 5.41) is 12.2. The van der Waals surface area contributed by atoms with Crippen LogP contribution >= 0.6 is 11.8 Å². The van der Waals surface area contributed by atoms with Crippen LogP contribution in [-0.4, -0.2) is 42.4 Å². The normalized spacial score (nSPS) is 12.7. The standard InChI is InChI=1S/C15H18F2N4O3S2/c1-9(7-22)18-13-6-14(21-26(2,23)24)20-15(19-13)25-8-10-5-11(16)3-4-12(10)17/h3-6,9,22H,7-8H2,1-2H3,(H2,18,19,20,21). The van der Waals surface area contributed by atoms with Crippen LogP contribution < -0.4 is 10.0 Å². The number of aliphatic hydroxyl groups is 1. The van der Waals surface area contributed by atoms with Gasteiger partial charge in [-0.3, -0.25) is 4.72 Å². The Kier molecular flexibility index (Phi) is 6.73. The minimum absolute atomic E-state index is 0.0253. The molecule has 0 amide bonds. The first-order chi connectivity index (χ1) is 12.2. The van der Waals surface area contributed by atoms with Crippen molar-refractivity contribution in [2.45, 2.75) is 23.9 Å². The van der Waals surface area contributed by atoms with Gasteiger partial charge in [0.1, 0.15) is 23.3 Å². The average molecular weight is 404 g/mol. The number of aliphatic hydroxyl groups excluding tert-OH is 1. The van der Waals surface area contributed by atoms with Crippen LogP contribution in [0, 0.1) is 11.6 Å². The monoisotopic (exact) mass is 404 g/mol. The summed E-state index contributed by atoms with van der Waals surface area (Å²) >= 11 is 1.02. The van der Waals surface area contributed by atoms with Gasteiger partial charge in [-0.1, -0.05) is 11.8 Å². The van der Waals surface area contributed by atoms with E-state index in [1.165, 1.54) is 6.07 Å². The highest BCUT2D eigenvalue weighted by Crippen LogP contribution is 2.25. The van der Waals surface area contributed by atoms with Crippen molar-refractivity contribution < 1.29 is 22.3 Å². The van der Waals surface area contributed by atoms with Crippen LogP contribution in [-0.2, 0) is 15.8 Å². The summed E-state index contributed by atoms with van der Waals surface area (Å²) in [4.78, 5) is 8.26. The number of thioether (sulfide) groups is 1. The van der Waals surface area contributed by atoms with Crippen LogP contribution in [0.5, 0.6) is 0 Å². The number of hydrogen-bond donors (Lipinski definition) is 3. The number of hydrogen-bond acceptors (Lipinski definition) is 7. The molecule has 26 heavy (non-hydrogen) atoms. The lowest BCUT2D eigenvalue weighted by Gasteiger charge is -2.14. The second-order valence-electron chi connectivity index (χ2n) is 5.55. The first kappa shape index (κ1) is 20.3. The number of anilines is 2. The molecule has 0 saturated heterocycles. The quantitative estimate of drug-likeness (QED) is 0.458. The van der Waals surface area contributed by atoms with Gasteiger partial charge in [0.05, 0.1) is 12.9 Å². The Labute approximate surface area is 154 Å². The SMILES string of the molecule is CC(CO)Nc1cc(NS(C)(=O)=O)nc(SCc2cc(F)ccc2F)n1. The summed E-state index contributed by atoms with van der Waals surface area (Å²) in [6.07, 6.45) is 0.980. The molecule has 3 N–H and O–H groups in total. The smallest absolute Gasteiger partial charge is 0.230 e. The summed E-state index contributed by atoms with van der Waals surface area (Å²) in [6.45, 7) is 1.55. The average Bonchev–Trinajstić information content (AvgIpc) is 2.53. The molecule has 1 aromatic heterocycles. The largest absolute Gasteiger partial charge is 0.394 e. The van der Waals surface area contributed by atoms with Gasteiger partial charge in [0.2, 0.25) is 10.0 Å². The van der Waals surface area contributed by atoms with E-state index >= 15 is 0 Å². The van der Waals surface area contributed by atoms with E-state index in [0.29, 0.717) is 0 Å². The van der Waals surface area contributed by atoms with Crippen molar-refractivity contribution in [1.29, 1.82) is 0 Å². The van der Waals surface area contributed by atoms with E-state index in [1.54, 1.807) is 6.92 Å². The van der Waals surface area contributed by atoms with Crippen LogP contribution in [0.25, 0.3) is 0 Å². The van der Waals surface area contributed by atoms with Crippen molar-refractivity contribution in [1.82, 2.24) is 9.97 Å². The van der Waals surface area contributed by atoms with Gasteiger partial charge >= 0.3 is 0 Å². The van der Waals surface area contributed by atoms with Crippen molar-refractivity contribution in [3.8, 4) is 0 Å². The Hall–Kier alpha value is -1.98. The number of benzene rings is 1. The van der Waals surface area contributed by atoms with Crippen LogP contribution in [0.3, 0.4) is 0 Å². The molecule has 2 rings (SSSR count). The number of halogens is 2. The van der Waals surface area contributed by atoms with Gasteiger partial charge in [-0.2, -0.15) is 0 Å². The van der Waals surface area contributed by atoms with E-state index in [2.05, 4.69) is 20.0 Å². The third-order valence-corrected chi connectivity index (χ3v) is 4.50. The number of sulfonamides is 1. The number of nitrogens with one attached hydrogen (secondary N) is 2. The molecule has 0 bridgehead atoms. The third kappa shape index (κ3) is 6.39. The Balaban J connectivity index is 2.26. The van der Waals surface area contributed by atoms with Gasteiger partial charge in [0.25, 0.3) is 0 Å². The maximum atomic E-state index is 13.7. The van der Waals surface area contributed by atoms with E-state index in [9.17, 15) is 17.2 Å². The fourth-order valence-corrected chi connectivity index (χ4v) is 3.22.